The molecule has 0 N–H and O–H groups in total. The number of fused-ring (bicyclic) bond motifs is 1. The second kappa shape index (κ2) is 6.81. The molecule has 1 heterocycles. The van der Waals surface area contributed by atoms with E-state index in [9.17, 15) is 17.6 Å². The summed E-state index contributed by atoms with van der Waals surface area (Å²) in [5.41, 5.74) is 2.32. The van der Waals surface area contributed by atoms with Gasteiger partial charge in [-0.25, -0.2) is 12.8 Å². The van der Waals surface area contributed by atoms with Crippen molar-refractivity contribution in [3.05, 3.63) is 59.4 Å². The molecular formula is C19H21FN2O3S. The quantitative estimate of drug-likeness (QED) is 0.824. The number of sulfonamides is 1. The van der Waals surface area contributed by atoms with Gasteiger partial charge in [0.2, 0.25) is 15.9 Å². The predicted molar refractivity (Wildman–Crippen MR) is 97.8 cm³/mol. The lowest BCUT2D eigenvalue weighted by Crippen LogP contribution is -2.33. The maximum atomic E-state index is 13.0. The van der Waals surface area contributed by atoms with Crippen LogP contribution in [0.5, 0.6) is 0 Å². The van der Waals surface area contributed by atoms with Crippen molar-refractivity contribution in [2.75, 3.05) is 11.9 Å². The summed E-state index contributed by atoms with van der Waals surface area (Å²) in [6, 6.07) is 10.6. The van der Waals surface area contributed by atoms with Crippen molar-refractivity contribution < 1.29 is 17.6 Å². The van der Waals surface area contributed by atoms with E-state index >= 15 is 0 Å². The van der Waals surface area contributed by atoms with Gasteiger partial charge in [0.1, 0.15) is 5.82 Å². The third kappa shape index (κ3) is 3.37. The van der Waals surface area contributed by atoms with Gasteiger partial charge in [0.15, 0.2) is 0 Å². The Kier molecular flexibility index (Phi) is 4.86. The number of benzene rings is 2. The average molecular weight is 376 g/mol. The van der Waals surface area contributed by atoms with Gasteiger partial charge < -0.3 is 4.90 Å². The van der Waals surface area contributed by atoms with Crippen LogP contribution in [0.3, 0.4) is 0 Å². The van der Waals surface area contributed by atoms with E-state index in [0.717, 1.165) is 11.3 Å². The van der Waals surface area contributed by atoms with Crippen LogP contribution in [0, 0.1) is 5.82 Å². The van der Waals surface area contributed by atoms with Gasteiger partial charge in [-0.15, -0.1) is 0 Å². The van der Waals surface area contributed by atoms with E-state index < -0.39 is 10.0 Å². The number of amides is 1. The summed E-state index contributed by atoms with van der Waals surface area (Å²) in [4.78, 5) is 13.7. The largest absolute Gasteiger partial charge is 0.309 e. The third-order valence-electron chi connectivity index (χ3n) is 4.63. The van der Waals surface area contributed by atoms with Gasteiger partial charge in [-0.2, -0.15) is 4.31 Å². The van der Waals surface area contributed by atoms with Crippen LogP contribution < -0.4 is 4.90 Å². The van der Waals surface area contributed by atoms with Gasteiger partial charge in [-0.1, -0.05) is 12.1 Å². The van der Waals surface area contributed by atoms with Crippen LogP contribution in [0.25, 0.3) is 0 Å². The van der Waals surface area contributed by atoms with Crippen molar-refractivity contribution in [1.82, 2.24) is 4.31 Å². The standard InChI is InChI=1S/C19H21FN2O3S/c1-13-10-16-11-18(8-9-19(16)22(13)14(2)23)26(24,25)21(3)12-15-4-6-17(20)7-5-15/h4-9,11,13H,10,12H2,1-3H3. The second-order valence-electron chi connectivity index (χ2n) is 6.62. The highest BCUT2D eigenvalue weighted by molar-refractivity contribution is 7.89. The van der Waals surface area contributed by atoms with Crippen molar-refractivity contribution in [2.24, 2.45) is 0 Å². The Bertz CT molecular complexity index is 942. The minimum atomic E-state index is -3.69. The molecule has 1 aliphatic rings. The maximum absolute atomic E-state index is 13.0. The van der Waals surface area contributed by atoms with Crippen molar-refractivity contribution in [2.45, 2.75) is 37.8 Å². The first-order chi connectivity index (χ1) is 12.2. The summed E-state index contributed by atoms with van der Waals surface area (Å²) < 4.78 is 40.0. The molecule has 26 heavy (non-hydrogen) atoms. The molecule has 1 amide bonds. The Morgan fingerprint density at radius 2 is 1.88 bits per heavy atom. The van der Waals surface area contributed by atoms with Crippen LogP contribution in [0.4, 0.5) is 10.1 Å². The summed E-state index contributed by atoms with van der Waals surface area (Å²) in [7, 11) is -2.19. The first kappa shape index (κ1) is 18.5. The van der Waals surface area contributed by atoms with Gasteiger partial charge in [-0.3, -0.25) is 4.79 Å². The Labute approximate surface area is 153 Å². The van der Waals surface area contributed by atoms with Crippen molar-refractivity contribution in [3.8, 4) is 0 Å². The minimum Gasteiger partial charge on any atom is -0.309 e. The van der Waals surface area contributed by atoms with E-state index in [0.29, 0.717) is 12.0 Å². The number of carbonyl (C=O) groups is 1. The number of anilines is 1. The molecule has 0 spiro atoms. The fourth-order valence-electron chi connectivity index (χ4n) is 3.36. The molecule has 2 aromatic carbocycles. The van der Waals surface area contributed by atoms with Crippen LogP contribution in [-0.2, 0) is 27.8 Å². The molecule has 1 aliphatic heterocycles. The molecule has 0 bridgehead atoms. The molecule has 3 rings (SSSR count). The van der Waals surface area contributed by atoms with Crippen molar-refractivity contribution in [3.63, 3.8) is 0 Å². The van der Waals surface area contributed by atoms with Gasteiger partial charge in [0, 0.05) is 32.2 Å². The molecule has 1 unspecified atom stereocenters. The van der Waals surface area contributed by atoms with Gasteiger partial charge >= 0.3 is 0 Å². The van der Waals surface area contributed by atoms with E-state index in [2.05, 4.69) is 0 Å². The summed E-state index contributed by atoms with van der Waals surface area (Å²) in [6.07, 6.45) is 0.625. The van der Waals surface area contributed by atoms with E-state index in [-0.39, 0.29) is 29.2 Å². The molecule has 0 aliphatic carbocycles. The smallest absolute Gasteiger partial charge is 0.243 e. The first-order valence-corrected chi connectivity index (χ1v) is 9.77. The number of hydrogen-bond donors (Lipinski definition) is 0. The van der Waals surface area contributed by atoms with Crippen LogP contribution in [0.2, 0.25) is 0 Å². The molecule has 0 radical (unpaired) electrons. The highest BCUT2D eigenvalue weighted by Crippen LogP contribution is 2.34. The molecular weight excluding hydrogens is 355 g/mol. The monoisotopic (exact) mass is 376 g/mol. The molecule has 0 fully saturated rings. The highest BCUT2D eigenvalue weighted by atomic mass is 32.2. The zero-order valence-corrected chi connectivity index (χ0v) is 15.8. The van der Waals surface area contributed by atoms with Crippen LogP contribution in [-0.4, -0.2) is 31.7 Å². The van der Waals surface area contributed by atoms with Crippen LogP contribution >= 0.6 is 0 Å². The molecule has 0 aromatic heterocycles. The summed E-state index contributed by atoms with van der Waals surface area (Å²) in [5, 5.41) is 0. The summed E-state index contributed by atoms with van der Waals surface area (Å²) in [6.45, 7) is 3.60. The minimum absolute atomic E-state index is 0.0115. The molecule has 0 saturated carbocycles. The molecule has 2 aromatic rings. The lowest BCUT2D eigenvalue weighted by atomic mass is 10.1. The normalized spacial score (nSPS) is 16.8. The fourth-order valence-corrected chi connectivity index (χ4v) is 4.57. The van der Waals surface area contributed by atoms with Gasteiger partial charge in [-0.05, 0) is 54.8 Å². The molecule has 7 heteroatoms. The lowest BCUT2D eigenvalue weighted by Gasteiger charge is -2.21. The Balaban J connectivity index is 1.87. The van der Waals surface area contributed by atoms with Crippen molar-refractivity contribution in [1.29, 1.82) is 0 Å². The summed E-state index contributed by atoms with van der Waals surface area (Å²) in [5.74, 6) is -0.415. The van der Waals surface area contributed by atoms with E-state index in [4.69, 9.17) is 0 Å². The number of nitrogens with zero attached hydrogens (tertiary/aromatic N) is 2. The van der Waals surface area contributed by atoms with Crippen molar-refractivity contribution >= 4 is 21.6 Å². The number of carbonyl (C=O) groups excluding carboxylic acids is 1. The van der Waals surface area contributed by atoms with Crippen LogP contribution in [0.15, 0.2) is 47.4 Å². The SMILES string of the molecule is CC(=O)N1c2ccc(S(=O)(=O)N(C)Cc3ccc(F)cc3)cc2CC1C. The second-order valence-corrected chi connectivity index (χ2v) is 8.67. The number of halogens is 1. The van der Waals surface area contributed by atoms with E-state index in [1.165, 1.54) is 36.5 Å². The molecule has 0 saturated heterocycles. The predicted octanol–water partition coefficient (Wildman–Crippen LogP) is 2.94. The Morgan fingerprint density at radius 1 is 1.23 bits per heavy atom. The topological polar surface area (TPSA) is 57.7 Å². The van der Waals surface area contributed by atoms with Gasteiger partial charge in [0.25, 0.3) is 0 Å². The van der Waals surface area contributed by atoms with Crippen LogP contribution in [0.1, 0.15) is 25.0 Å². The van der Waals surface area contributed by atoms with E-state index in [1.807, 2.05) is 6.92 Å². The highest BCUT2D eigenvalue weighted by Gasteiger charge is 2.31. The molecule has 138 valence electrons. The summed E-state index contributed by atoms with van der Waals surface area (Å²) >= 11 is 0. The zero-order valence-electron chi connectivity index (χ0n) is 14.9. The lowest BCUT2D eigenvalue weighted by molar-refractivity contribution is -0.116. The first-order valence-electron chi connectivity index (χ1n) is 8.33. The number of hydrogen-bond acceptors (Lipinski definition) is 3. The molecule has 1 atom stereocenters. The average Bonchev–Trinajstić information content (AvgIpc) is 2.91. The Hall–Kier alpha value is -2.25. The van der Waals surface area contributed by atoms with Gasteiger partial charge in [0.05, 0.1) is 4.90 Å². The third-order valence-corrected chi connectivity index (χ3v) is 6.43. The zero-order chi connectivity index (χ0) is 19.1. The number of rotatable bonds is 4. The molecule has 5 nitrogen and oxygen atoms in total. The fraction of sp³-hybridized carbons (Fsp3) is 0.316. The maximum Gasteiger partial charge on any atom is 0.243 e. The Morgan fingerprint density at radius 3 is 2.50 bits per heavy atom. The van der Waals surface area contributed by atoms with E-state index in [1.54, 1.807) is 29.2 Å².